The SMILES string of the molecule is CN(C(=O)C(C)(C)N)c1ccc(N/C(=C2\C(=O)Nc3cc(F)ccc32)c2cccc(CC(=O)O)c2)cc1. The molecule has 5 N–H and O–H groups in total. The molecule has 0 spiro atoms. The second-order valence-corrected chi connectivity index (χ2v) is 9.42. The number of carbonyl (C=O) groups excluding carboxylic acids is 2. The monoisotopic (exact) mass is 502 g/mol. The van der Waals surface area contributed by atoms with E-state index in [9.17, 15) is 23.9 Å². The van der Waals surface area contributed by atoms with Gasteiger partial charge in [0.15, 0.2) is 0 Å². The molecule has 0 aromatic heterocycles. The van der Waals surface area contributed by atoms with Gasteiger partial charge in [0.2, 0.25) is 5.91 Å². The van der Waals surface area contributed by atoms with E-state index in [1.165, 1.54) is 23.1 Å². The van der Waals surface area contributed by atoms with Gasteiger partial charge in [0.1, 0.15) is 5.82 Å². The number of rotatable bonds is 7. The maximum absolute atomic E-state index is 13.8. The highest BCUT2D eigenvalue weighted by molar-refractivity contribution is 6.37. The fraction of sp³-hybridized carbons (Fsp3) is 0.179. The molecular weight excluding hydrogens is 475 g/mol. The Labute approximate surface area is 213 Å². The number of carbonyl (C=O) groups is 3. The van der Waals surface area contributed by atoms with Crippen molar-refractivity contribution in [2.45, 2.75) is 25.8 Å². The highest BCUT2D eigenvalue weighted by Crippen LogP contribution is 2.38. The van der Waals surface area contributed by atoms with E-state index in [4.69, 9.17) is 5.73 Å². The van der Waals surface area contributed by atoms with E-state index in [2.05, 4.69) is 10.6 Å². The minimum absolute atomic E-state index is 0.184. The molecule has 0 saturated carbocycles. The van der Waals surface area contributed by atoms with Crippen molar-refractivity contribution in [1.82, 2.24) is 0 Å². The van der Waals surface area contributed by atoms with E-state index in [1.807, 2.05) is 0 Å². The zero-order valence-corrected chi connectivity index (χ0v) is 20.6. The predicted octanol–water partition coefficient (Wildman–Crippen LogP) is 4.09. The van der Waals surface area contributed by atoms with Crippen LogP contribution in [0, 0.1) is 5.82 Å². The number of halogens is 1. The summed E-state index contributed by atoms with van der Waals surface area (Å²) in [7, 11) is 1.64. The average molecular weight is 503 g/mol. The molecule has 0 radical (unpaired) electrons. The summed E-state index contributed by atoms with van der Waals surface area (Å²) in [5, 5.41) is 15.2. The Hall–Kier alpha value is -4.50. The van der Waals surface area contributed by atoms with Crippen molar-refractivity contribution >= 4 is 46.1 Å². The van der Waals surface area contributed by atoms with Gasteiger partial charge < -0.3 is 26.4 Å². The molecule has 0 atom stereocenters. The molecule has 190 valence electrons. The predicted molar refractivity (Wildman–Crippen MR) is 141 cm³/mol. The smallest absolute Gasteiger partial charge is 0.307 e. The third-order valence-electron chi connectivity index (χ3n) is 5.93. The number of amides is 2. The first-order valence-corrected chi connectivity index (χ1v) is 11.5. The Balaban J connectivity index is 1.77. The topological polar surface area (TPSA) is 125 Å². The third-order valence-corrected chi connectivity index (χ3v) is 5.93. The van der Waals surface area contributed by atoms with Crippen molar-refractivity contribution in [1.29, 1.82) is 0 Å². The summed E-state index contributed by atoms with van der Waals surface area (Å²) >= 11 is 0. The zero-order valence-electron chi connectivity index (χ0n) is 20.6. The normalized spacial score (nSPS) is 14.0. The Kier molecular flexibility index (Phi) is 6.82. The van der Waals surface area contributed by atoms with Crippen molar-refractivity contribution in [2.75, 3.05) is 22.6 Å². The summed E-state index contributed by atoms with van der Waals surface area (Å²) in [5.41, 5.74) is 8.89. The molecule has 0 fully saturated rings. The van der Waals surface area contributed by atoms with E-state index < -0.39 is 23.2 Å². The standard InChI is InChI=1S/C28H27FN4O4/c1-28(2,30)27(37)33(3)20-10-8-19(9-11-20)31-25(17-6-4-5-16(13-17)14-23(34)35)24-21-12-7-18(29)15-22(21)32-26(24)36/h4-13,15,31H,14,30H2,1-3H3,(H,32,36)(H,34,35)/b25-24-. The van der Waals surface area contributed by atoms with Gasteiger partial charge in [-0.2, -0.15) is 0 Å². The Morgan fingerprint density at radius 2 is 1.78 bits per heavy atom. The highest BCUT2D eigenvalue weighted by Gasteiger charge is 2.29. The number of likely N-dealkylation sites (N-methyl/N-ethyl adjacent to an activating group) is 1. The lowest BCUT2D eigenvalue weighted by molar-refractivity contribution is -0.136. The van der Waals surface area contributed by atoms with Crippen molar-refractivity contribution < 1.29 is 23.9 Å². The molecule has 4 rings (SSSR count). The number of carboxylic acid groups (broad SMARTS) is 1. The molecule has 2 amide bonds. The number of nitrogens with one attached hydrogen (secondary N) is 2. The summed E-state index contributed by atoms with van der Waals surface area (Å²) in [6.45, 7) is 3.27. The summed E-state index contributed by atoms with van der Waals surface area (Å²) < 4.78 is 13.8. The fourth-order valence-electron chi connectivity index (χ4n) is 4.15. The van der Waals surface area contributed by atoms with Crippen molar-refractivity contribution in [3.63, 3.8) is 0 Å². The van der Waals surface area contributed by atoms with Gasteiger partial charge >= 0.3 is 5.97 Å². The number of benzene rings is 3. The van der Waals surface area contributed by atoms with Gasteiger partial charge in [0.05, 0.1) is 28.9 Å². The number of fused-ring (bicyclic) bond motifs is 1. The molecule has 1 aliphatic rings. The number of anilines is 3. The van der Waals surface area contributed by atoms with Crippen LogP contribution in [0.5, 0.6) is 0 Å². The summed E-state index contributed by atoms with van der Waals surface area (Å²) in [6, 6.07) is 17.9. The molecular formula is C28H27FN4O4. The first-order valence-electron chi connectivity index (χ1n) is 11.5. The van der Waals surface area contributed by atoms with E-state index in [0.717, 1.165) is 0 Å². The second-order valence-electron chi connectivity index (χ2n) is 9.42. The summed E-state index contributed by atoms with van der Waals surface area (Å²) in [5.74, 6) is -2.13. The summed E-state index contributed by atoms with van der Waals surface area (Å²) in [6.07, 6.45) is -0.184. The third kappa shape index (κ3) is 5.52. The zero-order chi connectivity index (χ0) is 26.9. The van der Waals surface area contributed by atoms with Crippen molar-refractivity contribution in [3.8, 4) is 0 Å². The lowest BCUT2D eigenvalue weighted by Gasteiger charge is -2.26. The number of aliphatic carboxylic acids is 1. The molecule has 3 aromatic carbocycles. The van der Waals surface area contributed by atoms with Crippen LogP contribution >= 0.6 is 0 Å². The highest BCUT2D eigenvalue weighted by atomic mass is 19.1. The number of hydrogen-bond acceptors (Lipinski definition) is 5. The quantitative estimate of drug-likeness (QED) is 0.361. The van der Waals surface area contributed by atoms with Gasteiger partial charge in [0, 0.05) is 24.0 Å². The maximum atomic E-state index is 13.8. The first-order chi connectivity index (χ1) is 17.4. The minimum Gasteiger partial charge on any atom is -0.481 e. The molecule has 1 heterocycles. The van der Waals surface area contributed by atoms with Crippen molar-refractivity contribution in [3.05, 3.63) is 89.2 Å². The van der Waals surface area contributed by atoms with Crippen LogP contribution in [0.1, 0.15) is 30.5 Å². The van der Waals surface area contributed by atoms with Gasteiger partial charge in [-0.1, -0.05) is 18.2 Å². The van der Waals surface area contributed by atoms with Crippen LogP contribution in [0.2, 0.25) is 0 Å². The fourth-order valence-corrected chi connectivity index (χ4v) is 4.15. The molecule has 0 aliphatic carbocycles. The molecule has 0 unspecified atom stereocenters. The molecule has 1 aliphatic heterocycles. The van der Waals surface area contributed by atoms with Crippen LogP contribution in [0.15, 0.2) is 66.7 Å². The van der Waals surface area contributed by atoms with E-state index in [-0.39, 0.29) is 12.3 Å². The Morgan fingerprint density at radius 3 is 2.43 bits per heavy atom. The van der Waals surface area contributed by atoms with Gasteiger partial charge in [-0.15, -0.1) is 0 Å². The Morgan fingerprint density at radius 1 is 1.08 bits per heavy atom. The van der Waals surface area contributed by atoms with Gasteiger partial charge in [-0.3, -0.25) is 14.4 Å². The maximum Gasteiger partial charge on any atom is 0.307 e. The van der Waals surface area contributed by atoms with Crippen molar-refractivity contribution in [2.24, 2.45) is 5.73 Å². The van der Waals surface area contributed by atoms with Crippen LogP contribution < -0.4 is 21.3 Å². The van der Waals surface area contributed by atoms with Crippen LogP contribution in [-0.2, 0) is 20.8 Å². The first kappa shape index (κ1) is 25.6. The van der Waals surface area contributed by atoms with E-state index >= 15 is 0 Å². The van der Waals surface area contributed by atoms with Gasteiger partial charge in [-0.25, -0.2) is 4.39 Å². The molecule has 3 aromatic rings. The molecule has 9 heteroatoms. The second kappa shape index (κ2) is 9.87. The summed E-state index contributed by atoms with van der Waals surface area (Å²) in [4.78, 5) is 38.3. The number of nitrogens with zero attached hydrogens (tertiary/aromatic N) is 1. The molecule has 8 nitrogen and oxygen atoms in total. The minimum atomic E-state index is -1.03. The van der Waals surface area contributed by atoms with Crippen LogP contribution in [0.25, 0.3) is 11.3 Å². The van der Waals surface area contributed by atoms with Gasteiger partial charge in [0.25, 0.3) is 5.91 Å². The number of nitrogens with two attached hydrogens (primary N) is 1. The van der Waals surface area contributed by atoms with Crippen LogP contribution in [0.4, 0.5) is 21.5 Å². The van der Waals surface area contributed by atoms with Gasteiger partial charge in [-0.05, 0) is 73.5 Å². The van der Waals surface area contributed by atoms with E-state index in [1.54, 1.807) is 69.4 Å². The average Bonchev–Trinajstić information content (AvgIpc) is 3.15. The Bertz CT molecular complexity index is 1420. The van der Waals surface area contributed by atoms with Crippen LogP contribution in [-0.4, -0.2) is 35.5 Å². The largest absolute Gasteiger partial charge is 0.481 e. The van der Waals surface area contributed by atoms with E-state index in [0.29, 0.717) is 45.0 Å². The number of hydrogen-bond donors (Lipinski definition) is 4. The molecule has 0 bridgehead atoms. The van der Waals surface area contributed by atoms with Crippen LogP contribution in [0.3, 0.4) is 0 Å². The number of carboxylic acids is 1. The molecule has 0 saturated heterocycles. The molecule has 37 heavy (non-hydrogen) atoms. The lowest BCUT2D eigenvalue weighted by Crippen LogP contribution is -2.49. The lowest BCUT2D eigenvalue weighted by atomic mass is 9.98.